The Kier molecular flexibility index (Phi) is 7.53. The van der Waals surface area contributed by atoms with Crippen molar-refractivity contribution in [2.45, 2.75) is 25.9 Å². The highest BCUT2D eigenvalue weighted by atomic mass is 35.5. The molecule has 1 saturated heterocycles. The van der Waals surface area contributed by atoms with Crippen molar-refractivity contribution in [2.24, 2.45) is 11.7 Å². The second-order valence-corrected chi connectivity index (χ2v) is 10.2. The normalized spacial score (nSPS) is 18.1. The van der Waals surface area contributed by atoms with Crippen molar-refractivity contribution in [2.75, 3.05) is 37.7 Å². The Morgan fingerprint density at radius 1 is 1.18 bits per heavy atom. The summed E-state index contributed by atoms with van der Waals surface area (Å²) in [6, 6.07) is 3.39. The summed E-state index contributed by atoms with van der Waals surface area (Å²) in [5.74, 6) is 1.15. The zero-order valence-electron chi connectivity index (χ0n) is 21.8. The minimum absolute atomic E-state index is 0.185. The van der Waals surface area contributed by atoms with Crippen LogP contribution in [0.3, 0.4) is 0 Å². The fourth-order valence-corrected chi connectivity index (χ4v) is 5.67. The molecule has 0 unspecified atom stereocenters. The van der Waals surface area contributed by atoms with Crippen LogP contribution in [-0.4, -0.2) is 54.3 Å². The maximum atomic E-state index is 11.8. The zero-order valence-corrected chi connectivity index (χ0v) is 23.3. The number of nitrogens with zero attached hydrogens (tertiary/aromatic N) is 4. The molecule has 1 aromatic carbocycles. The summed E-state index contributed by atoms with van der Waals surface area (Å²) in [5.41, 5.74) is 9.68. The number of amides is 1. The second kappa shape index (κ2) is 10.9. The number of carbonyl (C=O) groups excluding carboxylic acids is 1. The van der Waals surface area contributed by atoms with Crippen LogP contribution in [0.1, 0.15) is 17.5 Å². The third kappa shape index (κ3) is 4.95. The van der Waals surface area contributed by atoms with Crippen LogP contribution in [0.15, 0.2) is 36.7 Å². The number of primary amides is 1. The lowest BCUT2D eigenvalue weighted by Gasteiger charge is -2.34. The maximum Gasteiger partial charge on any atom is 0.244 e. The molecule has 204 valence electrons. The third-order valence-electron chi connectivity index (χ3n) is 6.96. The van der Waals surface area contributed by atoms with Gasteiger partial charge in [-0.25, -0.2) is 15.0 Å². The SMILES string of the molecule is C=C(C(N)=O)[C@@H]1CCOC[C@H]1Nc1ncc2c(n1)-c1cc(C)cnc1N(c1c(Cl)c(OC)cc(OC)c1Cl)C2. The predicted octanol–water partition coefficient (Wildman–Crippen LogP) is 4.68. The standard InChI is InChI=1S/C27H28Cl2N6O4/c1-13-7-17-23-15(10-32-27(34-23)33-18-12-39-6-5-16(18)14(2)25(30)36)11-35(26(17)31-9-13)24-21(28)19(37-3)8-20(38-4)22(24)29/h7-10,16,18H,2,5-6,11-12H2,1,3-4H3,(H2,30,36)(H,32,33,34)/t16-,18+/m0/s1. The molecule has 2 aliphatic heterocycles. The van der Waals surface area contributed by atoms with Crippen LogP contribution in [0, 0.1) is 12.8 Å². The summed E-state index contributed by atoms with van der Waals surface area (Å²) in [4.78, 5) is 27.9. The number of methoxy groups -OCH3 is 2. The summed E-state index contributed by atoms with van der Waals surface area (Å²) >= 11 is 13.5. The van der Waals surface area contributed by atoms with Crippen LogP contribution in [0.5, 0.6) is 11.5 Å². The minimum atomic E-state index is -0.526. The number of carbonyl (C=O) groups is 1. The van der Waals surface area contributed by atoms with E-state index in [0.29, 0.717) is 70.8 Å². The molecule has 3 N–H and O–H groups in total. The lowest BCUT2D eigenvalue weighted by molar-refractivity contribution is -0.115. The molecule has 12 heteroatoms. The average Bonchev–Trinajstić information content (AvgIpc) is 2.93. The van der Waals surface area contributed by atoms with E-state index in [1.165, 1.54) is 14.2 Å². The van der Waals surface area contributed by atoms with E-state index in [9.17, 15) is 4.79 Å². The smallest absolute Gasteiger partial charge is 0.244 e. The number of hydrogen-bond acceptors (Lipinski definition) is 9. The van der Waals surface area contributed by atoms with Crippen molar-refractivity contribution in [1.82, 2.24) is 15.0 Å². The molecule has 2 aromatic heterocycles. The number of aryl methyl sites for hydroxylation is 1. The molecule has 39 heavy (non-hydrogen) atoms. The van der Waals surface area contributed by atoms with Crippen molar-refractivity contribution in [3.63, 3.8) is 0 Å². The molecule has 4 heterocycles. The first-order valence-electron chi connectivity index (χ1n) is 12.3. The number of pyridine rings is 1. The monoisotopic (exact) mass is 570 g/mol. The van der Waals surface area contributed by atoms with E-state index >= 15 is 0 Å². The Balaban J connectivity index is 1.56. The highest BCUT2D eigenvalue weighted by Gasteiger charge is 2.33. The summed E-state index contributed by atoms with van der Waals surface area (Å²) < 4.78 is 16.6. The number of ether oxygens (including phenoxy) is 3. The first-order valence-corrected chi connectivity index (χ1v) is 13.0. The van der Waals surface area contributed by atoms with Gasteiger partial charge < -0.3 is 30.2 Å². The van der Waals surface area contributed by atoms with Gasteiger partial charge in [0.2, 0.25) is 11.9 Å². The summed E-state index contributed by atoms with van der Waals surface area (Å²) in [6.07, 6.45) is 4.15. The van der Waals surface area contributed by atoms with Gasteiger partial charge in [-0.1, -0.05) is 29.8 Å². The van der Waals surface area contributed by atoms with E-state index in [-0.39, 0.29) is 12.0 Å². The Bertz CT molecular complexity index is 1440. The van der Waals surface area contributed by atoms with Crippen molar-refractivity contribution in [3.05, 3.63) is 57.9 Å². The van der Waals surface area contributed by atoms with E-state index in [1.807, 2.05) is 17.9 Å². The molecule has 0 aliphatic carbocycles. The maximum absolute atomic E-state index is 11.8. The molecule has 10 nitrogen and oxygen atoms in total. The Hall–Kier alpha value is -3.60. The van der Waals surface area contributed by atoms with Gasteiger partial charge >= 0.3 is 0 Å². The number of aromatic nitrogens is 3. The molecule has 5 rings (SSSR count). The van der Waals surface area contributed by atoms with Crippen LogP contribution in [0.25, 0.3) is 11.3 Å². The van der Waals surface area contributed by atoms with Crippen LogP contribution in [0.4, 0.5) is 17.5 Å². The van der Waals surface area contributed by atoms with Gasteiger partial charge in [0.15, 0.2) is 0 Å². The van der Waals surface area contributed by atoms with E-state index in [2.05, 4.69) is 16.9 Å². The van der Waals surface area contributed by atoms with Gasteiger partial charge in [0.25, 0.3) is 0 Å². The highest BCUT2D eigenvalue weighted by molar-refractivity contribution is 6.41. The van der Waals surface area contributed by atoms with Crippen molar-refractivity contribution in [1.29, 1.82) is 0 Å². The number of fused-ring (bicyclic) bond motifs is 3. The molecular formula is C27H28Cl2N6O4. The fourth-order valence-electron chi connectivity index (χ4n) is 4.96. The van der Waals surface area contributed by atoms with Crippen molar-refractivity contribution < 1.29 is 19.0 Å². The number of rotatable bonds is 7. The van der Waals surface area contributed by atoms with Gasteiger partial charge in [-0.05, 0) is 25.0 Å². The topological polar surface area (TPSA) is 125 Å². The summed E-state index contributed by atoms with van der Waals surface area (Å²) in [5, 5.41) is 3.99. The van der Waals surface area contributed by atoms with Crippen LogP contribution < -0.4 is 25.4 Å². The lowest BCUT2D eigenvalue weighted by Crippen LogP contribution is -2.42. The number of benzene rings is 1. The van der Waals surface area contributed by atoms with Crippen LogP contribution in [-0.2, 0) is 16.1 Å². The van der Waals surface area contributed by atoms with Crippen molar-refractivity contribution in [3.8, 4) is 22.8 Å². The summed E-state index contributed by atoms with van der Waals surface area (Å²) in [6.45, 7) is 7.09. The molecule has 0 spiro atoms. The van der Waals surface area contributed by atoms with Crippen molar-refractivity contribution >= 4 is 46.6 Å². The molecule has 2 aliphatic rings. The first-order chi connectivity index (χ1) is 18.7. The van der Waals surface area contributed by atoms with E-state index in [1.54, 1.807) is 18.5 Å². The van der Waals surface area contributed by atoms with Gasteiger partial charge in [-0.2, -0.15) is 0 Å². The first kappa shape index (κ1) is 27.0. The van der Waals surface area contributed by atoms with E-state index in [0.717, 1.165) is 22.4 Å². The molecule has 1 fully saturated rings. The molecule has 0 saturated carbocycles. The number of nitrogens with two attached hydrogens (primary N) is 1. The van der Waals surface area contributed by atoms with E-state index in [4.69, 9.17) is 53.1 Å². The van der Waals surface area contributed by atoms with Gasteiger partial charge in [0.1, 0.15) is 27.4 Å². The Morgan fingerprint density at radius 2 is 1.90 bits per heavy atom. The second-order valence-electron chi connectivity index (χ2n) is 9.41. The van der Waals surface area contributed by atoms with Crippen LogP contribution >= 0.6 is 23.2 Å². The molecule has 1 amide bonds. The molecular weight excluding hydrogens is 543 g/mol. The minimum Gasteiger partial charge on any atom is -0.495 e. The van der Waals surface area contributed by atoms with E-state index < -0.39 is 5.91 Å². The number of halogens is 2. The lowest BCUT2D eigenvalue weighted by atomic mass is 9.88. The van der Waals surface area contributed by atoms with Crippen LogP contribution in [0.2, 0.25) is 10.0 Å². The van der Waals surface area contributed by atoms with Gasteiger partial charge in [-0.15, -0.1) is 0 Å². The zero-order chi connectivity index (χ0) is 27.8. The largest absolute Gasteiger partial charge is 0.495 e. The van der Waals surface area contributed by atoms with Gasteiger partial charge in [0.05, 0.1) is 44.8 Å². The Morgan fingerprint density at radius 3 is 2.56 bits per heavy atom. The summed E-state index contributed by atoms with van der Waals surface area (Å²) in [7, 11) is 3.06. The Labute approximate surface area is 236 Å². The molecule has 3 aromatic rings. The highest BCUT2D eigenvalue weighted by Crippen LogP contribution is 2.51. The number of nitrogens with one attached hydrogen (secondary N) is 1. The number of hydrogen-bond donors (Lipinski definition) is 2. The average molecular weight is 571 g/mol. The molecule has 2 atom stereocenters. The predicted molar refractivity (Wildman–Crippen MR) is 150 cm³/mol. The molecule has 0 bridgehead atoms. The molecule has 0 radical (unpaired) electrons. The number of anilines is 3. The van der Waals surface area contributed by atoms with Gasteiger partial charge in [-0.3, -0.25) is 4.79 Å². The van der Waals surface area contributed by atoms with Gasteiger partial charge in [0, 0.05) is 47.7 Å². The fraction of sp³-hybridized carbons (Fsp3) is 0.333. The quantitative estimate of drug-likeness (QED) is 0.389. The third-order valence-corrected chi connectivity index (χ3v) is 7.69.